The number of nitrogens with zero attached hydrogens (tertiary/aromatic N) is 1. The van der Waals surface area contributed by atoms with Crippen LogP contribution < -0.4 is 14.8 Å². The normalized spacial score (nSPS) is 17.9. The first-order valence-electron chi connectivity index (χ1n) is 10.6. The highest BCUT2D eigenvalue weighted by atomic mass is 16.6. The van der Waals surface area contributed by atoms with Gasteiger partial charge in [-0.15, -0.1) is 0 Å². The molecule has 0 aliphatic carbocycles. The fourth-order valence-corrected chi connectivity index (χ4v) is 4.28. The first-order chi connectivity index (χ1) is 15.1. The smallest absolute Gasteiger partial charge is 0.229 e. The van der Waals surface area contributed by atoms with Crippen molar-refractivity contribution >= 4 is 28.4 Å². The topological polar surface area (TPSA) is 83.7 Å². The van der Waals surface area contributed by atoms with E-state index < -0.39 is 0 Å². The van der Waals surface area contributed by atoms with Crippen LogP contribution in [0.15, 0.2) is 42.6 Å². The van der Waals surface area contributed by atoms with Gasteiger partial charge in [0.1, 0.15) is 13.2 Å². The van der Waals surface area contributed by atoms with Gasteiger partial charge in [-0.2, -0.15) is 0 Å². The standard InChI is InChI=1S/C24H25N3O4/c1-15-2-4-20-19(10-15)16(13-25-20)6-7-27-14-17(11-23(27)28)24(29)26-18-3-5-21-22(12-18)31-9-8-30-21/h2-5,10,12-13,17,25H,6-9,11,14H2,1H3,(H,26,29). The molecule has 31 heavy (non-hydrogen) atoms. The van der Waals surface area contributed by atoms with E-state index in [2.05, 4.69) is 35.4 Å². The number of nitrogens with one attached hydrogen (secondary N) is 2. The molecule has 2 N–H and O–H groups in total. The molecule has 7 heteroatoms. The van der Waals surface area contributed by atoms with E-state index in [0.29, 0.717) is 43.5 Å². The Morgan fingerprint density at radius 2 is 2.00 bits per heavy atom. The van der Waals surface area contributed by atoms with Crippen LogP contribution in [0.2, 0.25) is 0 Å². The Morgan fingerprint density at radius 1 is 1.16 bits per heavy atom. The summed E-state index contributed by atoms with van der Waals surface area (Å²) < 4.78 is 11.1. The second-order valence-electron chi connectivity index (χ2n) is 8.20. The van der Waals surface area contributed by atoms with E-state index in [1.807, 2.05) is 6.20 Å². The van der Waals surface area contributed by atoms with Gasteiger partial charge < -0.3 is 24.7 Å². The molecule has 2 amide bonds. The van der Waals surface area contributed by atoms with Crippen molar-refractivity contribution in [3.63, 3.8) is 0 Å². The number of H-pyrrole nitrogens is 1. The van der Waals surface area contributed by atoms with Crippen molar-refractivity contribution < 1.29 is 19.1 Å². The first-order valence-corrected chi connectivity index (χ1v) is 10.6. The van der Waals surface area contributed by atoms with Gasteiger partial charge in [-0.25, -0.2) is 0 Å². The first kappa shape index (κ1) is 19.5. The van der Waals surface area contributed by atoms with E-state index >= 15 is 0 Å². The van der Waals surface area contributed by atoms with Gasteiger partial charge in [-0.1, -0.05) is 11.6 Å². The van der Waals surface area contributed by atoms with Gasteiger partial charge in [0.15, 0.2) is 11.5 Å². The molecule has 2 aromatic carbocycles. The van der Waals surface area contributed by atoms with E-state index in [9.17, 15) is 9.59 Å². The molecule has 1 atom stereocenters. The molecule has 160 valence electrons. The number of hydrogen-bond donors (Lipinski definition) is 2. The van der Waals surface area contributed by atoms with Crippen molar-refractivity contribution in [1.29, 1.82) is 0 Å². The molecule has 0 radical (unpaired) electrons. The number of aromatic amines is 1. The summed E-state index contributed by atoms with van der Waals surface area (Å²) in [5.41, 5.74) is 4.15. The Kier molecular flexibility index (Phi) is 5.02. The molecule has 3 heterocycles. The summed E-state index contributed by atoms with van der Waals surface area (Å²) in [5.74, 6) is 0.834. The Labute approximate surface area is 180 Å². The molecule has 1 saturated heterocycles. The third-order valence-electron chi connectivity index (χ3n) is 5.97. The van der Waals surface area contributed by atoms with E-state index in [-0.39, 0.29) is 24.2 Å². The molecule has 2 aliphatic heterocycles. The average molecular weight is 419 g/mol. The fraction of sp³-hybridized carbons (Fsp3) is 0.333. The predicted molar refractivity (Wildman–Crippen MR) is 117 cm³/mol. The highest BCUT2D eigenvalue weighted by Crippen LogP contribution is 2.33. The maximum atomic E-state index is 12.8. The van der Waals surface area contributed by atoms with E-state index in [1.165, 1.54) is 16.5 Å². The number of carbonyl (C=O) groups is 2. The SMILES string of the molecule is Cc1ccc2[nH]cc(CCN3CC(C(=O)Nc4ccc5c(c4)OCCO5)CC3=O)c2c1. The van der Waals surface area contributed by atoms with Crippen LogP contribution in [-0.2, 0) is 16.0 Å². The molecule has 1 fully saturated rings. The number of amides is 2. The molecule has 7 nitrogen and oxygen atoms in total. The predicted octanol–water partition coefficient (Wildman–Crippen LogP) is 3.28. The minimum atomic E-state index is -0.356. The molecule has 0 spiro atoms. The van der Waals surface area contributed by atoms with Crippen LogP contribution in [0, 0.1) is 12.8 Å². The van der Waals surface area contributed by atoms with Gasteiger partial charge in [-0.05, 0) is 43.2 Å². The molecule has 1 aromatic heterocycles. The van der Waals surface area contributed by atoms with Crippen LogP contribution in [0.1, 0.15) is 17.5 Å². The van der Waals surface area contributed by atoms with Crippen molar-refractivity contribution in [2.45, 2.75) is 19.8 Å². The molecular weight excluding hydrogens is 394 g/mol. The number of aromatic nitrogens is 1. The van der Waals surface area contributed by atoms with Crippen LogP contribution >= 0.6 is 0 Å². The maximum absolute atomic E-state index is 12.8. The zero-order chi connectivity index (χ0) is 21.4. The number of aryl methyl sites for hydroxylation is 1. The second kappa shape index (κ2) is 7.98. The molecule has 5 rings (SSSR count). The van der Waals surface area contributed by atoms with E-state index in [1.54, 1.807) is 23.1 Å². The fourth-order valence-electron chi connectivity index (χ4n) is 4.28. The number of anilines is 1. The molecule has 3 aromatic rings. The zero-order valence-corrected chi connectivity index (χ0v) is 17.4. The van der Waals surface area contributed by atoms with E-state index in [0.717, 1.165) is 11.9 Å². The van der Waals surface area contributed by atoms with Crippen LogP contribution in [-0.4, -0.2) is 48.0 Å². The highest BCUT2D eigenvalue weighted by molar-refractivity contribution is 5.97. The quantitative estimate of drug-likeness (QED) is 0.665. The lowest BCUT2D eigenvalue weighted by Crippen LogP contribution is -2.30. The molecule has 0 saturated carbocycles. The van der Waals surface area contributed by atoms with Crippen molar-refractivity contribution in [3.8, 4) is 11.5 Å². The number of benzene rings is 2. The minimum absolute atomic E-state index is 0.0262. The average Bonchev–Trinajstić information content (AvgIpc) is 3.35. The monoisotopic (exact) mass is 419 g/mol. The Balaban J connectivity index is 1.20. The maximum Gasteiger partial charge on any atom is 0.229 e. The summed E-state index contributed by atoms with van der Waals surface area (Å²) in [6.45, 7) is 4.14. The molecule has 1 unspecified atom stereocenters. The summed E-state index contributed by atoms with van der Waals surface area (Å²) in [7, 11) is 0. The number of fused-ring (bicyclic) bond motifs is 2. The number of hydrogen-bond acceptors (Lipinski definition) is 4. The zero-order valence-electron chi connectivity index (χ0n) is 17.4. The second-order valence-corrected chi connectivity index (χ2v) is 8.20. The molecule has 2 aliphatic rings. The largest absolute Gasteiger partial charge is 0.486 e. The Bertz CT molecular complexity index is 1150. The Morgan fingerprint density at radius 3 is 2.87 bits per heavy atom. The third-order valence-corrected chi connectivity index (χ3v) is 5.97. The van der Waals surface area contributed by atoms with Crippen molar-refractivity contribution in [3.05, 3.63) is 53.7 Å². The summed E-state index contributed by atoms with van der Waals surface area (Å²) in [4.78, 5) is 30.3. The molecular formula is C24H25N3O4. The van der Waals surface area contributed by atoms with Crippen molar-refractivity contribution in [2.24, 2.45) is 5.92 Å². The Hall–Kier alpha value is -3.48. The van der Waals surface area contributed by atoms with Crippen LogP contribution in [0.25, 0.3) is 10.9 Å². The lowest BCUT2D eigenvalue weighted by Gasteiger charge is -2.19. The number of carbonyl (C=O) groups excluding carboxylic acids is 2. The van der Waals surface area contributed by atoms with E-state index in [4.69, 9.17) is 9.47 Å². The number of rotatable bonds is 5. The number of ether oxygens (including phenoxy) is 2. The lowest BCUT2D eigenvalue weighted by atomic mass is 10.1. The van der Waals surface area contributed by atoms with Gasteiger partial charge in [-0.3, -0.25) is 9.59 Å². The van der Waals surface area contributed by atoms with Crippen LogP contribution in [0.5, 0.6) is 11.5 Å². The van der Waals surface area contributed by atoms with Crippen LogP contribution in [0.4, 0.5) is 5.69 Å². The molecule has 0 bridgehead atoms. The minimum Gasteiger partial charge on any atom is -0.486 e. The van der Waals surface area contributed by atoms with Gasteiger partial charge >= 0.3 is 0 Å². The van der Waals surface area contributed by atoms with Crippen molar-refractivity contribution in [1.82, 2.24) is 9.88 Å². The summed E-state index contributed by atoms with van der Waals surface area (Å²) in [6, 6.07) is 11.7. The van der Waals surface area contributed by atoms with Crippen molar-refractivity contribution in [2.75, 3.05) is 31.6 Å². The van der Waals surface area contributed by atoms with Crippen LogP contribution in [0.3, 0.4) is 0 Å². The summed E-state index contributed by atoms with van der Waals surface area (Å²) in [5, 5.41) is 4.11. The lowest BCUT2D eigenvalue weighted by molar-refractivity contribution is -0.128. The van der Waals surface area contributed by atoms with Gasteiger partial charge in [0.2, 0.25) is 11.8 Å². The van der Waals surface area contributed by atoms with Gasteiger partial charge in [0.25, 0.3) is 0 Å². The highest BCUT2D eigenvalue weighted by Gasteiger charge is 2.34. The van der Waals surface area contributed by atoms with Gasteiger partial charge in [0.05, 0.1) is 5.92 Å². The summed E-state index contributed by atoms with van der Waals surface area (Å²) >= 11 is 0. The third kappa shape index (κ3) is 3.95. The summed E-state index contributed by atoms with van der Waals surface area (Å²) in [6.07, 6.45) is 3.01. The number of likely N-dealkylation sites (tertiary alicyclic amines) is 1. The van der Waals surface area contributed by atoms with Gasteiger partial charge in [0, 0.05) is 48.4 Å².